The molecule has 0 aliphatic heterocycles. The summed E-state index contributed by atoms with van der Waals surface area (Å²) in [4.78, 5) is 27.4. The number of hydrogen-bond donors (Lipinski definition) is 1. The number of hydrogen-bond acceptors (Lipinski definition) is 4. The fourth-order valence-corrected chi connectivity index (χ4v) is 5.02. The quantitative estimate of drug-likeness (QED) is 0.418. The third-order valence-electron chi connectivity index (χ3n) is 5.68. The number of amides is 2. The Hall–Kier alpha value is -2.29. The van der Waals surface area contributed by atoms with Crippen molar-refractivity contribution in [1.29, 1.82) is 0 Å². The summed E-state index contributed by atoms with van der Waals surface area (Å²) in [5.74, 6) is -0.514. The summed E-state index contributed by atoms with van der Waals surface area (Å²) in [6.45, 7) is 6.16. The van der Waals surface area contributed by atoms with Gasteiger partial charge < -0.3 is 10.2 Å². The second-order valence-electron chi connectivity index (χ2n) is 8.40. The van der Waals surface area contributed by atoms with Crippen molar-refractivity contribution in [2.45, 2.75) is 52.6 Å². The van der Waals surface area contributed by atoms with E-state index < -0.39 is 16.1 Å². The molecule has 0 spiro atoms. The van der Waals surface area contributed by atoms with Crippen LogP contribution in [0, 0.1) is 6.92 Å². The molecule has 0 heterocycles. The molecule has 35 heavy (non-hydrogen) atoms. The number of rotatable bonds is 12. The Labute approximate surface area is 218 Å². The first kappa shape index (κ1) is 28.9. The summed E-state index contributed by atoms with van der Waals surface area (Å²) in [5.41, 5.74) is 1.85. The molecule has 0 radical (unpaired) electrons. The van der Waals surface area contributed by atoms with Gasteiger partial charge in [0.1, 0.15) is 6.04 Å². The highest BCUT2D eigenvalue weighted by molar-refractivity contribution is 7.92. The van der Waals surface area contributed by atoms with E-state index in [4.69, 9.17) is 23.2 Å². The van der Waals surface area contributed by atoms with Crippen molar-refractivity contribution in [2.24, 2.45) is 0 Å². The third-order valence-corrected chi connectivity index (χ3v) is 7.63. The van der Waals surface area contributed by atoms with E-state index in [9.17, 15) is 18.0 Å². The maximum absolute atomic E-state index is 13.3. The van der Waals surface area contributed by atoms with Crippen molar-refractivity contribution in [3.8, 4) is 0 Å². The summed E-state index contributed by atoms with van der Waals surface area (Å²) in [6.07, 6.45) is 2.22. The number of carbonyl (C=O) groups is 2. The minimum Gasteiger partial charge on any atom is -0.354 e. The zero-order valence-electron chi connectivity index (χ0n) is 20.6. The normalized spacial score (nSPS) is 12.2. The molecule has 7 nitrogen and oxygen atoms in total. The number of nitrogens with zero attached hydrogens (tertiary/aromatic N) is 2. The second kappa shape index (κ2) is 13.1. The average Bonchev–Trinajstić information content (AvgIpc) is 2.80. The van der Waals surface area contributed by atoms with Crippen LogP contribution < -0.4 is 9.62 Å². The summed E-state index contributed by atoms with van der Waals surface area (Å²) in [6, 6.07) is 11.5. The highest BCUT2D eigenvalue weighted by Crippen LogP contribution is 2.28. The smallest absolute Gasteiger partial charge is 0.242 e. The Balaban J connectivity index is 2.20. The van der Waals surface area contributed by atoms with Crippen LogP contribution in [-0.2, 0) is 26.2 Å². The predicted octanol–water partition coefficient (Wildman–Crippen LogP) is 4.79. The van der Waals surface area contributed by atoms with Crippen molar-refractivity contribution >= 4 is 50.7 Å². The number of sulfonamides is 1. The minimum absolute atomic E-state index is 0.0570. The molecule has 0 aromatic heterocycles. The average molecular weight is 543 g/mol. The molecule has 0 fully saturated rings. The number of carbonyl (C=O) groups excluding carboxylic acids is 2. The van der Waals surface area contributed by atoms with E-state index in [1.807, 2.05) is 19.1 Å². The lowest BCUT2D eigenvalue weighted by Crippen LogP contribution is -2.48. The van der Waals surface area contributed by atoms with Crippen molar-refractivity contribution in [1.82, 2.24) is 10.2 Å². The standard InChI is InChI=1S/C25H33Cl2N3O4S/c1-5-15-28-25(32)19(3)29(17-20-10-6-7-11-22(20)27)24(31)14-9-16-30(35(4,33)34)23-13-8-12-21(26)18(23)2/h6-8,10-13,19H,5,9,14-17H2,1-4H3,(H,28,32)/t19-/m0/s1. The fraction of sp³-hybridized carbons (Fsp3) is 0.440. The highest BCUT2D eigenvalue weighted by Gasteiger charge is 2.27. The van der Waals surface area contributed by atoms with Crippen LogP contribution in [0.4, 0.5) is 5.69 Å². The van der Waals surface area contributed by atoms with Crippen molar-refractivity contribution < 1.29 is 18.0 Å². The molecule has 0 saturated heterocycles. The Kier molecular flexibility index (Phi) is 10.9. The molecule has 0 unspecified atom stereocenters. The molecular weight excluding hydrogens is 509 g/mol. The number of halogens is 2. The lowest BCUT2D eigenvalue weighted by atomic mass is 10.1. The van der Waals surface area contributed by atoms with Crippen molar-refractivity contribution in [3.05, 3.63) is 63.6 Å². The van der Waals surface area contributed by atoms with Gasteiger partial charge in [-0.25, -0.2) is 8.42 Å². The Bertz CT molecular complexity index is 1140. The number of nitrogens with one attached hydrogen (secondary N) is 1. The SMILES string of the molecule is CCCNC(=O)[C@H](C)N(Cc1ccccc1Cl)C(=O)CCCN(c1cccc(Cl)c1C)S(C)(=O)=O. The summed E-state index contributed by atoms with van der Waals surface area (Å²) in [7, 11) is -3.60. The van der Waals surface area contributed by atoms with Crippen LogP contribution in [0.15, 0.2) is 42.5 Å². The molecule has 2 rings (SSSR count). The summed E-state index contributed by atoms with van der Waals surface area (Å²) < 4.78 is 26.3. The van der Waals surface area contributed by atoms with Gasteiger partial charge in [-0.05, 0) is 56.0 Å². The van der Waals surface area contributed by atoms with Crippen LogP contribution in [0.25, 0.3) is 0 Å². The van der Waals surface area contributed by atoms with Crippen LogP contribution in [-0.4, -0.2) is 50.5 Å². The summed E-state index contributed by atoms with van der Waals surface area (Å²) >= 11 is 12.5. The fourth-order valence-electron chi connectivity index (χ4n) is 3.64. The van der Waals surface area contributed by atoms with E-state index in [1.165, 1.54) is 9.21 Å². The molecule has 1 N–H and O–H groups in total. The van der Waals surface area contributed by atoms with Gasteiger partial charge >= 0.3 is 0 Å². The molecule has 2 aromatic rings. The van der Waals surface area contributed by atoms with Crippen LogP contribution >= 0.6 is 23.2 Å². The molecular formula is C25H33Cl2N3O4S. The molecule has 0 saturated carbocycles. The second-order valence-corrected chi connectivity index (χ2v) is 11.1. The van der Waals surface area contributed by atoms with Gasteiger partial charge in [0.15, 0.2) is 0 Å². The van der Waals surface area contributed by atoms with Gasteiger partial charge in [-0.3, -0.25) is 13.9 Å². The first-order valence-electron chi connectivity index (χ1n) is 11.5. The largest absolute Gasteiger partial charge is 0.354 e. The topological polar surface area (TPSA) is 86.8 Å². The van der Waals surface area contributed by atoms with E-state index in [0.29, 0.717) is 27.8 Å². The third kappa shape index (κ3) is 8.12. The predicted molar refractivity (Wildman–Crippen MR) is 142 cm³/mol. The molecule has 192 valence electrons. The highest BCUT2D eigenvalue weighted by atomic mass is 35.5. The summed E-state index contributed by atoms with van der Waals surface area (Å²) in [5, 5.41) is 3.80. The van der Waals surface area contributed by atoms with Gasteiger partial charge in [0.05, 0.1) is 11.9 Å². The first-order chi connectivity index (χ1) is 16.5. The molecule has 2 aromatic carbocycles. The van der Waals surface area contributed by atoms with Gasteiger partial charge in [-0.1, -0.05) is 54.4 Å². The lowest BCUT2D eigenvalue weighted by Gasteiger charge is -2.30. The maximum atomic E-state index is 13.3. The van der Waals surface area contributed by atoms with Gasteiger partial charge in [-0.2, -0.15) is 0 Å². The minimum atomic E-state index is -3.60. The number of anilines is 1. The van der Waals surface area contributed by atoms with E-state index in [0.717, 1.165) is 18.2 Å². The van der Waals surface area contributed by atoms with E-state index in [1.54, 1.807) is 44.2 Å². The van der Waals surface area contributed by atoms with E-state index >= 15 is 0 Å². The molecule has 0 aliphatic rings. The van der Waals surface area contributed by atoms with E-state index in [-0.39, 0.29) is 37.7 Å². The van der Waals surface area contributed by atoms with Crippen LogP contribution in [0.2, 0.25) is 10.0 Å². The van der Waals surface area contributed by atoms with E-state index in [2.05, 4.69) is 5.32 Å². The van der Waals surface area contributed by atoms with Crippen LogP contribution in [0.1, 0.15) is 44.2 Å². The van der Waals surface area contributed by atoms with Crippen molar-refractivity contribution in [3.63, 3.8) is 0 Å². The molecule has 1 atom stereocenters. The van der Waals surface area contributed by atoms with Gasteiger partial charge in [0.2, 0.25) is 21.8 Å². The van der Waals surface area contributed by atoms with Crippen LogP contribution in [0.5, 0.6) is 0 Å². The molecule has 0 aliphatic carbocycles. The van der Waals surface area contributed by atoms with Gasteiger partial charge in [0, 0.05) is 36.1 Å². The monoisotopic (exact) mass is 541 g/mol. The Morgan fingerprint density at radius 3 is 2.34 bits per heavy atom. The zero-order valence-corrected chi connectivity index (χ0v) is 22.9. The molecule has 2 amide bonds. The molecule has 10 heteroatoms. The Morgan fingerprint density at radius 1 is 1.06 bits per heavy atom. The zero-order chi connectivity index (χ0) is 26.2. The van der Waals surface area contributed by atoms with Gasteiger partial charge in [0.25, 0.3) is 0 Å². The Morgan fingerprint density at radius 2 is 1.71 bits per heavy atom. The van der Waals surface area contributed by atoms with Gasteiger partial charge in [-0.15, -0.1) is 0 Å². The maximum Gasteiger partial charge on any atom is 0.242 e. The number of benzene rings is 2. The lowest BCUT2D eigenvalue weighted by molar-refractivity contribution is -0.140. The molecule has 0 bridgehead atoms. The first-order valence-corrected chi connectivity index (χ1v) is 14.1. The van der Waals surface area contributed by atoms with Crippen LogP contribution in [0.3, 0.4) is 0 Å². The van der Waals surface area contributed by atoms with Crippen molar-refractivity contribution in [2.75, 3.05) is 23.7 Å².